The average Bonchev–Trinajstić information content (AvgIpc) is 3.07. The number of benzene rings is 1. The number of methoxy groups -OCH3 is 1. The summed E-state index contributed by atoms with van der Waals surface area (Å²) < 4.78 is 6.31. The molecule has 144 valence electrons. The minimum Gasteiger partial charge on any atom is -0.504 e. The molecule has 2 aromatic heterocycles. The lowest BCUT2D eigenvalue weighted by molar-refractivity contribution is -0.385. The molecule has 0 fully saturated rings. The van der Waals surface area contributed by atoms with Gasteiger partial charge in [-0.2, -0.15) is 10.1 Å². The predicted molar refractivity (Wildman–Crippen MR) is 96.6 cm³/mol. The number of nitro groups is 1. The van der Waals surface area contributed by atoms with Crippen molar-refractivity contribution in [3.05, 3.63) is 51.1 Å². The van der Waals surface area contributed by atoms with Gasteiger partial charge >= 0.3 is 5.91 Å². The Morgan fingerprint density at radius 2 is 2.11 bits per heavy atom. The summed E-state index contributed by atoms with van der Waals surface area (Å²) in [4.78, 5) is 30.7. The van der Waals surface area contributed by atoms with E-state index in [1.165, 1.54) is 11.6 Å². The first-order chi connectivity index (χ1) is 13.3. The standard InChI is InChI=1S/C16H15N7O5/c1-8-4-9(2)22-16(18-8)19-14(21-22)15(25)20-17-7-10-5-11(23(26)27)6-12(28-3)13(10)24/h4-7,24H,1-3H3,(H,20,25)/b17-7-. The van der Waals surface area contributed by atoms with Crippen molar-refractivity contribution in [2.24, 2.45) is 5.10 Å². The molecule has 0 radical (unpaired) electrons. The van der Waals surface area contributed by atoms with Crippen molar-refractivity contribution >= 4 is 23.6 Å². The zero-order valence-corrected chi connectivity index (χ0v) is 15.1. The van der Waals surface area contributed by atoms with Crippen molar-refractivity contribution in [3.63, 3.8) is 0 Å². The zero-order chi connectivity index (χ0) is 20.4. The maximum Gasteiger partial charge on any atom is 0.311 e. The van der Waals surface area contributed by atoms with E-state index in [4.69, 9.17) is 4.74 Å². The van der Waals surface area contributed by atoms with Gasteiger partial charge in [0.1, 0.15) is 0 Å². The summed E-state index contributed by atoms with van der Waals surface area (Å²) in [6.45, 7) is 3.60. The molecule has 0 atom stereocenters. The number of fused-ring (bicyclic) bond motifs is 1. The number of rotatable bonds is 5. The number of aromatic nitrogens is 4. The Bertz CT molecular complexity index is 1120. The van der Waals surface area contributed by atoms with Gasteiger partial charge in [-0.1, -0.05) is 0 Å². The molecule has 1 aromatic carbocycles. The van der Waals surface area contributed by atoms with E-state index in [9.17, 15) is 20.0 Å². The van der Waals surface area contributed by atoms with Gasteiger partial charge in [0.25, 0.3) is 11.5 Å². The van der Waals surface area contributed by atoms with Gasteiger partial charge in [-0.15, -0.1) is 5.10 Å². The fourth-order valence-electron chi connectivity index (χ4n) is 2.45. The zero-order valence-electron chi connectivity index (χ0n) is 15.1. The van der Waals surface area contributed by atoms with Crippen LogP contribution in [0.1, 0.15) is 27.6 Å². The number of carbonyl (C=O) groups excluding carboxylic acids is 1. The van der Waals surface area contributed by atoms with Crippen LogP contribution in [-0.4, -0.2) is 48.8 Å². The number of amides is 1. The second-order valence-electron chi connectivity index (χ2n) is 5.73. The van der Waals surface area contributed by atoms with Gasteiger partial charge in [0.05, 0.1) is 24.3 Å². The van der Waals surface area contributed by atoms with Crippen molar-refractivity contribution in [1.82, 2.24) is 25.0 Å². The summed E-state index contributed by atoms with van der Waals surface area (Å²) in [7, 11) is 1.26. The van der Waals surface area contributed by atoms with Gasteiger partial charge in [0.15, 0.2) is 11.5 Å². The Balaban J connectivity index is 1.83. The molecule has 0 aliphatic rings. The molecular weight excluding hydrogens is 370 g/mol. The lowest BCUT2D eigenvalue weighted by Gasteiger charge is -2.05. The number of aryl methyl sites for hydroxylation is 2. The normalized spacial score (nSPS) is 11.1. The summed E-state index contributed by atoms with van der Waals surface area (Å²) >= 11 is 0. The SMILES string of the molecule is COc1cc([N+](=O)[O-])cc(/C=N\NC(=O)c2nc3nc(C)cc(C)n3n2)c1O. The highest BCUT2D eigenvalue weighted by atomic mass is 16.6. The third-order valence-electron chi connectivity index (χ3n) is 3.71. The summed E-state index contributed by atoms with van der Waals surface area (Å²) in [5.41, 5.74) is 3.37. The summed E-state index contributed by atoms with van der Waals surface area (Å²) in [6, 6.07) is 3.95. The lowest BCUT2D eigenvalue weighted by Crippen LogP contribution is -2.19. The number of nitro benzene ring substituents is 1. The van der Waals surface area contributed by atoms with E-state index in [1.807, 2.05) is 0 Å². The summed E-state index contributed by atoms with van der Waals surface area (Å²) in [6.07, 6.45) is 1.05. The molecule has 12 nitrogen and oxygen atoms in total. The number of phenolic OH excluding ortho intramolecular Hbond substituents is 1. The Hall–Kier alpha value is -4.09. The summed E-state index contributed by atoms with van der Waals surface area (Å²) in [5.74, 6) is -1.05. The predicted octanol–water partition coefficient (Wildman–Crippen LogP) is 1.13. The highest BCUT2D eigenvalue weighted by molar-refractivity contribution is 5.92. The molecule has 3 aromatic rings. The number of aromatic hydroxyl groups is 1. The number of non-ortho nitro benzene ring substituents is 1. The Morgan fingerprint density at radius 1 is 1.36 bits per heavy atom. The van der Waals surface area contributed by atoms with Crippen LogP contribution in [0.5, 0.6) is 11.5 Å². The number of hydrazone groups is 1. The molecular formula is C16H15N7O5. The third kappa shape index (κ3) is 3.56. The maximum absolute atomic E-state index is 12.2. The van der Waals surface area contributed by atoms with Gasteiger partial charge in [-0.25, -0.2) is 14.9 Å². The van der Waals surface area contributed by atoms with Gasteiger partial charge < -0.3 is 9.84 Å². The molecule has 2 N–H and O–H groups in total. The van der Waals surface area contributed by atoms with E-state index in [0.29, 0.717) is 0 Å². The van der Waals surface area contributed by atoms with E-state index in [1.54, 1.807) is 19.9 Å². The van der Waals surface area contributed by atoms with Crippen LogP contribution in [0.15, 0.2) is 23.3 Å². The Morgan fingerprint density at radius 3 is 2.79 bits per heavy atom. The van der Waals surface area contributed by atoms with Crippen molar-refractivity contribution < 1.29 is 19.6 Å². The minimum atomic E-state index is -0.712. The van der Waals surface area contributed by atoms with Gasteiger partial charge in [0, 0.05) is 23.0 Å². The highest BCUT2D eigenvalue weighted by Crippen LogP contribution is 2.33. The fourth-order valence-corrected chi connectivity index (χ4v) is 2.45. The van der Waals surface area contributed by atoms with Crippen molar-refractivity contribution in [3.8, 4) is 11.5 Å². The number of hydrogen-bond donors (Lipinski definition) is 2. The van der Waals surface area contributed by atoms with Crippen LogP contribution in [0.3, 0.4) is 0 Å². The fraction of sp³-hybridized carbons (Fsp3) is 0.188. The lowest BCUT2D eigenvalue weighted by atomic mass is 10.2. The van der Waals surface area contributed by atoms with Gasteiger partial charge in [-0.05, 0) is 19.9 Å². The van der Waals surface area contributed by atoms with Crippen LogP contribution in [-0.2, 0) is 0 Å². The molecule has 1 amide bonds. The number of phenols is 1. The number of ether oxygens (including phenoxy) is 1. The van der Waals surface area contributed by atoms with Crippen LogP contribution in [0.4, 0.5) is 5.69 Å². The third-order valence-corrected chi connectivity index (χ3v) is 3.71. The van der Waals surface area contributed by atoms with Crippen LogP contribution in [0, 0.1) is 24.0 Å². The molecule has 12 heteroatoms. The molecule has 0 saturated heterocycles. The second-order valence-corrected chi connectivity index (χ2v) is 5.73. The molecule has 0 aliphatic carbocycles. The van der Waals surface area contributed by atoms with Crippen molar-refractivity contribution in [2.45, 2.75) is 13.8 Å². The maximum atomic E-state index is 12.2. The van der Waals surface area contributed by atoms with Crippen LogP contribution >= 0.6 is 0 Å². The molecule has 0 saturated carbocycles. The average molecular weight is 385 g/mol. The van der Waals surface area contributed by atoms with E-state index < -0.39 is 10.8 Å². The smallest absolute Gasteiger partial charge is 0.311 e. The van der Waals surface area contributed by atoms with Crippen LogP contribution in [0.25, 0.3) is 5.78 Å². The van der Waals surface area contributed by atoms with Gasteiger partial charge in [0.2, 0.25) is 5.82 Å². The molecule has 0 unspecified atom stereocenters. The topological polar surface area (TPSA) is 157 Å². The number of nitrogens with one attached hydrogen (secondary N) is 1. The van der Waals surface area contributed by atoms with Gasteiger partial charge in [-0.3, -0.25) is 14.9 Å². The largest absolute Gasteiger partial charge is 0.504 e. The van der Waals surface area contributed by atoms with Crippen molar-refractivity contribution in [1.29, 1.82) is 0 Å². The minimum absolute atomic E-state index is 0.0116. The molecule has 28 heavy (non-hydrogen) atoms. The van der Waals surface area contributed by atoms with Crippen molar-refractivity contribution in [2.75, 3.05) is 7.11 Å². The monoisotopic (exact) mass is 385 g/mol. The Kier molecular flexibility index (Phi) is 4.85. The van der Waals surface area contributed by atoms with E-state index in [2.05, 4.69) is 25.6 Å². The summed E-state index contributed by atoms with van der Waals surface area (Å²) in [5, 5.41) is 28.8. The first kappa shape index (κ1) is 18.7. The van der Waals surface area contributed by atoms with Crippen LogP contribution in [0.2, 0.25) is 0 Å². The highest BCUT2D eigenvalue weighted by Gasteiger charge is 2.17. The molecule has 0 aliphatic heterocycles. The quantitative estimate of drug-likeness (QED) is 0.376. The van der Waals surface area contributed by atoms with E-state index in [0.717, 1.165) is 29.7 Å². The molecule has 2 heterocycles. The number of carbonyl (C=O) groups is 1. The van der Waals surface area contributed by atoms with E-state index >= 15 is 0 Å². The first-order valence-corrected chi connectivity index (χ1v) is 7.90. The number of nitrogens with zero attached hydrogens (tertiary/aromatic N) is 6. The molecule has 3 rings (SSSR count). The first-order valence-electron chi connectivity index (χ1n) is 7.90. The Labute approximate surface area is 157 Å². The number of hydrogen-bond acceptors (Lipinski definition) is 9. The van der Waals surface area contributed by atoms with Crippen LogP contribution < -0.4 is 10.2 Å². The molecule has 0 spiro atoms. The second kappa shape index (κ2) is 7.26. The molecule has 0 bridgehead atoms. The van der Waals surface area contributed by atoms with E-state index in [-0.39, 0.29) is 34.4 Å².